The lowest BCUT2D eigenvalue weighted by molar-refractivity contribution is 0.0924. The molecule has 1 amide bonds. The van der Waals surface area contributed by atoms with Gasteiger partial charge in [-0.15, -0.1) is 0 Å². The van der Waals surface area contributed by atoms with Crippen LogP contribution in [0, 0.1) is 12.8 Å². The molecule has 2 rings (SSSR count). The Morgan fingerprint density at radius 3 is 2.43 bits per heavy atom. The molecular weight excluding hydrogens is 404 g/mol. The summed E-state index contributed by atoms with van der Waals surface area (Å²) in [5, 5.41) is 2.78. The number of rotatable bonds is 11. The van der Waals surface area contributed by atoms with Gasteiger partial charge in [-0.3, -0.25) is 9.52 Å². The summed E-state index contributed by atoms with van der Waals surface area (Å²) in [6.45, 7) is 7.74. The van der Waals surface area contributed by atoms with Crippen molar-refractivity contribution in [2.24, 2.45) is 5.92 Å². The molecule has 0 aliphatic carbocycles. The van der Waals surface area contributed by atoms with E-state index in [-0.39, 0.29) is 22.1 Å². The van der Waals surface area contributed by atoms with E-state index in [0.717, 1.165) is 5.56 Å². The van der Waals surface area contributed by atoms with E-state index >= 15 is 0 Å². The van der Waals surface area contributed by atoms with Gasteiger partial charge in [-0.1, -0.05) is 31.5 Å². The van der Waals surface area contributed by atoms with Gasteiger partial charge in [0.15, 0.2) is 0 Å². The minimum absolute atomic E-state index is 0.0986. The number of hydrogen-bond donors (Lipinski definition) is 2. The minimum atomic E-state index is -3.94. The molecule has 2 aromatic carbocycles. The number of benzene rings is 2. The van der Waals surface area contributed by atoms with Crippen molar-refractivity contribution in [3.63, 3.8) is 0 Å². The van der Waals surface area contributed by atoms with Crippen LogP contribution >= 0.6 is 0 Å². The highest BCUT2D eigenvalue weighted by Gasteiger charge is 2.22. The summed E-state index contributed by atoms with van der Waals surface area (Å²) in [4.78, 5) is 12.4. The zero-order chi connectivity index (χ0) is 22.1. The van der Waals surface area contributed by atoms with Crippen LogP contribution in [-0.2, 0) is 14.8 Å². The molecule has 0 saturated carbocycles. The fourth-order valence-electron chi connectivity index (χ4n) is 2.66. The first-order chi connectivity index (χ1) is 14.2. The minimum Gasteiger partial charge on any atom is -0.495 e. The number of aryl methyl sites for hydroxylation is 1. The number of sulfonamides is 1. The van der Waals surface area contributed by atoms with Crippen LogP contribution in [0.5, 0.6) is 5.75 Å². The van der Waals surface area contributed by atoms with Crippen LogP contribution in [0.3, 0.4) is 0 Å². The normalized spacial score (nSPS) is 11.4. The smallest absolute Gasteiger partial charge is 0.265 e. The van der Waals surface area contributed by atoms with E-state index in [1.807, 2.05) is 19.1 Å². The molecule has 0 aromatic heterocycles. The van der Waals surface area contributed by atoms with Gasteiger partial charge < -0.3 is 14.8 Å². The average molecular weight is 435 g/mol. The highest BCUT2D eigenvalue weighted by molar-refractivity contribution is 7.92. The molecule has 164 valence electrons. The SMILES string of the molecule is COc1ccc(C(=O)NCCCOCC(C)C)cc1S(=O)(=O)Nc1ccc(C)cc1. The Bertz CT molecular complexity index is 941. The predicted octanol–water partition coefficient (Wildman–Crippen LogP) is 3.60. The molecule has 2 N–H and O–H groups in total. The number of anilines is 1. The molecule has 7 nitrogen and oxygen atoms in total. The highest BCUT2D eigenvalue weighted by Crippen LogP contribution is 2.27. The standard InChI is InChI=1S/C22H30N2O5S/c1-16(2)15-29-13-5-12-23-22(25)18-8-11-20(28-4)21(14-18)30(26,27)24-19-9-6-17(3)7-10-19/h6-11,14,16,24H,5,12-13,15H2,1-4H3,(H,23,25). The lowest BCUT2D eigenvalue weighted by Crippen LogP contribution is -2.26. The Labute approximate surface area is 178 Å². The first-order valence-corrected chi connectivity index (χ1v) is 11.3. The third-order valence-electron chi connectivity index (χ3n) is 4.22. The number of hydrogen-bond acceptors (Lipinski definition) is 5. The molecule has 0 atom stereocenters. The van der Waals surface area contributed by atoms with Gasteiger partial charge in [-0.05, 0) is 49.6 Å². The van der Waals surface area contributed by atoms with Crippen molar-refractivity contribution in [2.45, 2.75) is 32.1 Å². The van der Waals surface area contributed by atoms with Crippen LogP contribution in [0.1, 0.15) is 36.2 Å². The van der Waals surface area contributed by atoms with Gasteiger partial charge in [-0.25, -0.2) is 8.42 Å². The van der Waals surface area contributed by atoms with Gasteiger partial charge in [0.25, 0.3) is 15.9 Å². The number of methoxy groups -OCH3 is 1. The fourth-order valence-corrected chi connectivity index (χ4v) is 3.91. The van der Waals surface area contributed by atoms with Gasteiger partial charge in [0.05, 0.1) is 7.11 Å². The van der Waals surface area contributed by atoms with E-state index in [2.05, 4.69) is 23.9 Å². The summed E-state index contributed by atoms with van der Waals surface area (Å²) < 4.78 is 39.0. The van der Waals surface area contributed by atoms with Crippen molar-refractivity contribution in [1.82, 2.24) is 5.32 Å². The zero-order valence-corrected chi connectivity index (χ0v) is 18.7. The maximum absolute atomic E-state index is 12.9. The van der Waals surface area contributed by atoms with Gasteiger partial charge in [-0.2, -0.15) is 0 Å². The van der Waals surface area contributed by atoms with Crippen molar-refractivity contribution in [3.05, 3.63) is 53.6 Å². The number of carbonyl (C=O) groups is 1. The van der Waals surface area contributed by atoms with E-state index in [1.165, 1.54) is 25.3 Å². The van der Waals surface area contributed by atoms with E-state index in [0.29, 0.717) is 37.8 Å². The molecule has 0 unspecified atom stereocenters. The Hall–Kier alpha value is -2.58. The van der Waals surface area contributed by atoms with Crippen molar-refractivity contribution in [1.29, 1.82) is 0 Å². The third kappa shape index (κ3) is 7.03. The third-order valence-corrected chi connectivity index (χ3v) is 5.62. The summed E-state index contributed by atoms with van der Waals surface area (Å²) in [5.41, 5.74) is 1.69. The monoisotopic (exact) mass is 434 g/mol. The molecular formula is C22H30N2O5S. The van der Waals surface area contributed by atoms with Gasteiger partial charge in [0.1, 0.15) is 10.6 Å². The molecule has 0 radical (unpaired) electrons. The summed E-state index contributed by atoms with van der Waals surface area (Å²) in [6.07, 6.45) is 0.675. The van der Waals surface area contributed by atoms with Crippen molar-refractivity contribution in [3.8, 4) is 5.75 Å². The maximum Gasteiger partial charge on any atom is 0.265 e. The molecule has 0 aliphatic heterocycles. The fraction of sp³-hybridized carbons (Fsp3) is 0.409. The van der Waals surface area contributed by atoms with Crippen LogP contribution < -0.4 is 14.8 Å². The van der Waals surface area contributed by atoms with E-state index < -0.39 is 10.0 Å². The number of carbonyl (C=O) groups excluding carboxylic acids is 1. The molecule has 0 heterocycles. The first kappa shape index (κ1) is 23.7. The molecule has 0 saturated heterocycles. The molecule has 2 aromatic rings. The van der Waals surface area contributed by atoms with Crippen LogP contribution in [0.25, 0.3) is 0 Å². The van der Waals surface area contributed by atoms with Crippen LogP contribution in [0.15, 0.2) is 47.4 Å². The van der Waals surface area contributed by atoms with Gasteiger partial charge in [0.2, 0.25) is 0 Å². The molecule has 30 heavy (non-hydrogen) atoms. The lowest BCUT2D eigenvalue weighted by atomic mass is 10.2. The second-order valence-electron chi connectivity index (χ2n) is 7.42. The number of ether oxygens (including phenoxy) is 2. The van der Waals surface area contributed by atoms with E-state index in [4.69, 9.17) is 9.47 Å². The van der Waals surface area contributed by atoms with Crippen LogP contribution in [-0.4, -0.2) is 41.2 Å². The van der Waals surface area contributed by atoms with Crippen molar-refractivity contribution >= 4 is 21.6 Å². The number of nitrogens with one attached hydrogen (secondary N) is 2. The predicted molar refractivity (Wildman–Crippen MR) is 118 cm³/mol. The maximum atomic E-state index is 12.9. The molecule has 8 heteroatoms. The Balaban J connectivity index is 2.08. The Kier molecular flexibility index (Phi) is 8.68. The second-order valence-corrected chi connectivity index (χ2v) is 9.07. The average Bonchev–Trinajstić information content (AvgIpc) is 2.71. The topological polar surface area (TPSA) is 93.7 Å². The van der Waals surface area contributed by atoms with Crippen LogP contribution in [0.2, 0.25) is 0 Å². The lowest BCUT2D eigenvalue weighted by Gasteiger charge is -2.13. The van der Waals surface area contributed by atoms with Crippen LogP contribution in [0.4, 0.5) is 5.69 Å². The van der Waals surface area contributed by atoms with E-state index in [9.17, 15) is 13.2 Å². The molecule has 0 spiro atoms. The second kappa shape index (κ2) is 11.0. The molecule has 0 aliphatic rings. The van der Waals surface area contributed by atoms with E-state index in [1.54, 1.807) is 12.1 Å². The summed E-state index contributed by atoms with van der Waals surface area (Å²) in [6, 6.07) is 11.3. The van der Waals surface area contributed by atoms with Crippen molar-refractivity contribution in [2.75, 3.05) is 31.6 Å². The molecule has 0 bridgehead atoms. The van der Waals surface area contributed by atoms with Gasteiger partial charge >= 0.3 is 0 Å². The number of amides is 1. The van der Waals surface area contributed by atoms with Gasteiger partial charge in [0, 0.05) is 31.0 Å². The summed E-state index contributed by atoms with van der Waals surface area (Å²) >= 11 is 0. The largest absolute Gasteiger partial charge is 0.495 e. The Morgan fingerprint density at radius 1 is 1.10 bits per heavy atom. The highest BCUT2D eigenvalue weighted by atomic mass is 32.2. The summed E-state index contributed by atoms with van der Waals surface area (Å²) in [7, 11) is -2.55. The zero-order valence-electron chi connectivity index (χ0n) is 17.9. The first-order valence-electron chi connectivity index (χ1n) is 9.86. The quantitative estimate of drug-likeness (QED) is 0.527. The van der Waals surface area contributed by atoms with Crippen molar-refractivity contribution < 1.29 is 22.7 Å². The summed E-state index contributed by atoms with van der Waals surface area (Å²) in [5.74, 6) is 0.273. The Morgan fingerprint density at radius 2 is 1.80 bits per heavy atom. The molecule has 0 fully saturated rings.